The Bertz CT molecular complexity index is 184. The Labute approximate surface area is 127 Å². The minimum absolute atomic E-state index is 1.42. The predicted molar refractivity (Wildman–Crippen MR) is 91.2 cm³/mol. The fourth-order valence-corrected chi connectivity index (χ4v) is 22.0. The van der Waals surface area contributed by atoms with Gasteiger partial charge in [0.1, 0.15) is 0 Å². The molecule has 0 aromatic rings. The Morgan fingerprint density at radius 3 is 1.47 bits per heavy atom. The normalized spacial score (nSPS) is 17.8. The van der Waals surface area contributed by atoms with Crippen molar-refractivity contribution in [3.8, 4) is 0 Å². The molecule has 19 heavy (non-hydrogen) atoms. The monoisotopic (exact) mass is 373 g/mol. The van der Waals surface area contributed by atoms with Crippen LogP contribution in [0.1, 0.15) is 91.4 Å². The van der Waals surface area contributed by atoms with Crippen molar-refractivity contribution in [2.75, 3.05) is 0 Å². The third kappa shape index (κ3) is 5.97. The Hall–Kier alpha value is 0.799. The summed E-state index contributed by atoms with van der Waals surface area (Å²) < 4.78 is 7.28. The van der Waals surface area contributed by atoms with Crippen LogP contribution >= 0.6 is 0 Å². The summed E-state index contributed by atoms with van der Waals surface area (Å²) in [6, 6.07) is 0. The van der Waals surface area contributed by atoms with Crippen molar-refractivity contribution in [2.45, 2.75) is 105 Å². The topological polar surface area (TPSA) is 0 Å². The van der Waals surface area contributed by atoms with Gasteiger partial charge in [0.25, 0.3) is 0 Å². The van der Waals surface area contributed by atoms with E-state index >= 15 is 0 Å². The van der Waals surface area contributed by atoms with Crippen LogP contribution in [0.25, 0.3) is 0 Å². The van der Waals surface area contributed by atoms with Gasteiger partial charge in [-0.1, -0.05) is 0 Å². The zero-order chi connectivity index (χ0) is 14.0. The van der Waals surface area contributed by atoms with Crippen LogP contribution in [0, 0.1) is 3.93 Å². The molecule has 1 radical (unpaired) electrons. The van der Waals surface area contributed by atoms with Crippen LogP contribution in [0.3, 0.4) is 0 Å². The first-order valence-electron chi connectivity index (χ1n) is 9.14. The molecule has 0 atom stereocenters. The van der Waals surface area contributed by atoms with Crippen molar-refractivity contribution in [1.29, 1.82) is 0 Å². The number of hydrogen-bond acceptors (Lipinski definition) is 0. The van der Waals surface area contributed by atoms with Crippen LogP contribution in [-0.2, 0) is 0 Å². The Morgan fingerprint density at radius 2 is 1.11 bits per heavy atom. The summed E-state index contributed by atoms with van der Waals surface area (Å²) in [5.74, 6) is 0. The van der Waals surface area contributed by atoms with Crippen LogP contribution in [0.2, 0.25) is 13.3 Å². The van der Waals surface area contributed by atoms with E-state index in [9.17, 15) is 0 Å². The summed E-state index contributed by atoms with van der Waals surface area (Å²) in [6.07, 6.45) is 16.5. The second-order valence-corrected chi connectivity index (χ2v) is 20.4. The van der Waals surface area contributed by atoms with Crippen LogP contribution in [0.4, 0.5) is 0 Å². The Kier molecular flexibility index (Phi) is 9.88. The number of rotatable bonds is 10. The molecule has 0 nitrogen and oxygen atoms in total. The Balaban J connectivity index is 2.73. The standard InChI is InChI=1S/C6H10.3C4H9.Sn/c1-2-4-6-5-3-1;3*1-3-4-2;/h1-5H2;3*1,3-4H2,2H3;. The molecule has 1 aliphatic rings. The van der Waals surface area contributed by atoms with Crippen LogP contribution < -0.4 is 0 Å². The van der Waals surface area contributed by atoms with Gasteiger partial charge in [-0.25, -0.2) is 0 Å². The maximum absolute atomic E-state index is 2.39. The molecule has 0 saturated heterocycles. The van der Waals surface area contributed by atoms with E-state index in [2.05, 4.69) is 24.7 Å². The predicted octanol–water partition coefficient (Wildman–Crippen LogP) is 6.91. The van der Waals surface area contributed by atoms with Gasteiger partial charge in [0.2, 0.25) is 0 Å². The summed E-state index contributed by atoms with van der Waals surface area (Å²) in [7, 11) is 0. The molecule has 1 rings (SSSR count). The van der Waals surface area contributed by atoms with Gasteiger partial charge < -0.3 is 0 Å². The van der Waals surface area contributed by atoms with E-state index in [1.807, 2.05) is 0 Å². The van der Waals surface area contributed by atoms with Gasteiger partial charge in [0.15, 0.2) is 0 Å². The molecular weight excluding hydrogens is 335 g/mol. The first kappa shape index (κ1) is 17.8. The molecule has 0 N–H and O–H groups in total. The molecule has 113 valence electrons. The minimum atomic E-state index is -1.90. The molecular formula is C18H37Sn. The van der Waals surface area contributed by atoms with Gasteiger partial charge in [-0.15, -0.1) is 0 Å². The number of unbranched alkanes of at least 4 members (excludes halogenated alkanes) is 3. The fourth-order valence-electron chi connectivity index (χ4n) is 3.96. The summed E-state index contributed by atoms with van der Waals surface area (Å²) in [5.41, 5.74) is 0. The Morgan fingerprint density at radius 1 is 0.684 bits per heavy atom. The molecule has 0 aliphatic heterocycles. The van der Waals surface area contributed by atoms with Crippen molar-refractivity contribution in [2.24, 2.45) is 0 Å². The summed E-state index contributed by atoms with van der Waals surface area (Å²) in [5, 5.41) is 0. The van der Waals surface area contributed by atoms with Gasteiger partial charge in [0, 0.05) is 0 Å². The summed E-state index contributed by atoms with van der Waals surface area (Å²) in [4.78, 5) is 0. The molecule has 1 aliphatic carbocycles. The van der Waals surface area contributed by atoms with Crippen LogP contribution in [0.5, 0.6) is 0 Å². The molecule has 1 fully saturated rings. The van der Waals surface area contributed by atoms with Gasteiger partial charge in [-0.2, -0.15) is 0 Å². The van der Waals surface area contributed by atoms with Crippen molar-refractivity contribution in [1.82, 2.24) is 0 Å². The first-order valence-corrected chi connectivity index (χ1v) is 16.6. The van der Waals surface area contributed by atoms with Crippen molar-refractivity contribution >= 4 is 18.4 Å². The van der Waals surface area contributed by atoms with Crippen molar-refractivity contribution in [3.05, 3.63) is 3.93 Å². The first-order chi connectivity index (χ1) is 9.29. The number of hydrogen-bond donors (Lipinski definition) is 0. The van der Waals surface area contributed by atoms with E-state index in [-0.39, 0.29) is 0 Å². The van der Waals surface area contributed by atoms with Gasteiger partial charge in [-0.3, -0.25) is 0 Å². The second-order valence-electron chi connectivity index (χ2n) is 6.76. The molecule has 0 heterocycles. The molecule has 0 bridgehead atoms. The SMILES string of the molecule is CCC[CH2][Sn]([CH2]CCC)([CH2]CCC)[C]1CCCCC1. The maximum atomic E-state index is 2.39. The van der Waals surface area contributed by atoms with Gasteiger partial charge in [-0.05, 0) is 0 Å². The molecule has 0 amide bonds. The molecule has 0 aromatic carbocycles. The average Bonchev–Trinajstić information content (AvgIpc) is 2.48. The van der Waals surface area contributed by atoms with E-state index in [0.717, 1.165) is 0 Å². The molecule has 0 unspecified atom stereocenters. The molecule has 0 aromatic heterocycles. The van der Waals surface area contributed by atoms with E-state index in [1.165, 1.54) is 57.8 Å². The summed E-state index contributed by atoms with van der Waals surface area (Å²) in [6.45, 7) is 7.17. The molecule has 0 spiro atoms. The second kappa shape index (κ2) is 10.5. The van der Waals surface area contributed by atoms with Gasteiger partial charge in [0.05, 0.1) is 0 Å². The zero-order valence-corrected chi connectivity index (χ0v) is 16.8. The van der Waals surface area contributed by atoms with Crippen molar-refractivity contribution in [3.63, 3.8) is 0 Å². The van der Waals surface area contributed by atoms with E-state index < -0.39 is 18.4 Å². The quantitative estimate of drug-likeness (QED) is 0.366. The zero-order valence-electron chi connectivity index (χ0n) is 13.9. The third-order valence-corrected chi connectivity index (χ3v) is 22.2. The van der Waals surface area contributed by atoms with Crippen LogP contribution in [0.15, 0.2) is 0 Å². The fraction of sp³-hybridized carbons (Fsp3) is 0.944. The van der Waals surface area contributed by atoms with E-state index in [4.69, 9.17) is 0 Å². The van der Waals surface area contributed by atoms with E-state index in [1.54, 1.807) is 26.2 Å². The average molecular weight is 372 g/mol. The van der Waals surface area contributed by atoms with Crippen LogP contribution in [-0.4, -0.2) is 18.4 Å². The molecule has 1 saturated carbocycles. The summed E-state index contributed by atoms with van der Waals surface area (Å²) >= 11 is -1.90. The molecule has 1 heteroatoms. The van der Waals surface area contributed by atoms with Gasteiger partial charge >= 0.3 is 127 Å². The van der Waals surface area contributed by atoms with Crippen molar-refractivity contribution < 1.29 is 0 Å². The third-order valence-electron chi connectivity index (χ3n) is 5.23. The van der Waals surface area contributed by atoms with E-state index in [0.29, 0.717) is 0 Å².